The van der Waals surface area contributed by atoms with Crippen molar-refractivity contribution in [3.05, 3.63) is 35.0 Å². The zero-order valence-electron chi connectivity index (χ0n) is 12.0. The maximum Gasteiger partial charge on any atom is 0.0484 e. The first kappa shape index (κ1) is 12.7. The second-order valence-electron chi connectivity index (χ2n) is 6.12. The summed E-state index contributed by atoms with van der Waals surface area (Å²) in [6, 6.07) is 4.92. The topological polar surface area (TPSA) is 43.0 Å². The number of hydrogen-bond donors (Lipinski definition) is 2. The minimum atomic E-state index is 0.233. The van der Waals surface area contributed by atoms with Crippen LogP contribution in [-0.2, 0) is 26.6 Å². The summed E-state index contributed by atoms with van der Waals surface area (Å²) >= 11 is 0. The number of nitrogens with zero attached hydrogens (tertiary/aromatic N) is 1. The lowest BCUT2D eigenvalue weighted by Crippen LogP contribution is -2.28. The fraction of sp³-hybridized carbons (Fsp3) is 0.500. The molecule has 0 amide bonds. The third kappa shape index (κ3) is 2.17. The average molecular weight is 257 g/mol. The largest absolute Gasteiger partial charge is 0.350 e. The first-order chi connectivity index (χ1) is 9.06. The fourth-order valence-corrected chi connectivity index (χ4v) is 2.91. The minimum Gasteiger partial charge on any atom is -0.350 e. The molecule has 102 valence electrons. The molecule has 2 aromatic rings. The highest BCUT2D eigenvalue weighted by Gasteiger charge is 2.17. The van der Waals surface area contributed by atoms with E-state index in [0.29, 0.717) is 5.92 Å². The summed E-state index contributed by atoms with van der Waals surface area (Å²) < 4.78 is 2.23. The van der Waals surface area contributed by atoms with Gasteiger partial charge in [-0.2, -0.15) is 0 Å². The lowest BCUT2D eigenvalue weighted by Gasteiger charge is -2.14. The molecule has 0 radical (unpaired) electrons. The Balaban J connectivity index is 2.06. The Morgan fingerprint density at radius 1 is 1.26 bits per heavy atom. The van der Waals surface area contributed by atoms with E-state index in [-0.39, 0.29) is 6.04 Å². The van der Waals surface area contributed by atoms with E-state index in [1.165, 1.54) is 27.6 Å². The summed E-state index contributed by atoms with van der Waals surface area (Å²) in [7, 11) is 2.13. The Morgan fingerprint density at radius 2 is 1.95 bits per heavy atom. The zero-order chi connectivity index (χ0) is 13.6. The zero-order valence-corrected chi connectivity index (χ0v) is 12.0. The lowest BCUT2D eigenvalue weighted by atomic mass is 9.96. The molecule has 1 aliphatic heterocycles. The van der Waals surface area contributed by atoms with Gasteiger partial charge in [-0.15, -0.1) is 0 Å². The molecule has 0 bridgehead atoms. The normalized spacial score (nSPS) is 16.3. The number of fused-ring (bicyclic) bond motifs is 2. The van der Waals surface area contributed by atoms with E-state index >= 15 is 0 Å². The van der Waals surface area contributed by atoms with Crippen LogP contribution in [0, 0.1) is 5.92 Å². The standard InChI is InChI=1S/C16H23N3/c1-10(2)15(17)5-13-9-19(3)16-6-12-8-18-7-11(12)4-14(13)16/h4,6,9-10,15,18H,5,7-8,17H2,1-3H3. The molecule has 0 saturated carbocycles. The second kappa shape index (κ2) is 4.66. The average Bonchev–Trinajstić information content (AvgIpc) is 2.93. The van der Waals surface area contributed by atoms with E-state index in [9.17, 15) is 0 Å². The van der Waals surface area contributed by atoms with Crippen LogP contribution in [0.3, 0.4) is 0 Å². The Kier molecular flexibility index (Phi) is 3.11. The highest BCUT2D eigenvalue weighted by Crippen LogP contribution is 2.28. The molecule has 3 heteroatoms. The Bertz CT molecular complexity index is 610. The molecule has 19 heavy (non-hydrogen) atoms. The predicted octanol–water partition coefficient (Wildman–Crippen LogP) is 2.31. The van der Waals surface area contributed by atoms with Gasteiger partial charge in [0.25, 0.3) is 0 Å². The molecule has 3 nitrogen and oxygen atoms in total. The molecule has 1 atom stereocenters. The first-order valence-corrected chi connectivity index (χ1v) is 7.12. The van der Waals surface area contributed by atoms with Gasteiger partial charge in [-0.3, -0.25) is 0 Å². The van der Waals surface area contributed by atoms with Gasteiger partial charge in [-0.05, 0) is 41.2 Å². The van der Waals surface area contributed by atoms with Crippen LogP contribution in [0.25, 0.3) is 10.9 Å². The third-order valence-electron chi connectivity index (χ3n) is 4.34. The Hall–Kier alpha value is -1.32. The van der Waals surface area contributed by atoms with E-state index in [1.54, 1.807) is 0 Å². The summed E-state index contributed by atoms with van der Waals surface area (Å²) in [5.74, 6) is 0.520. The van der Waals surface area contributed by atoms with Crippen LogP contribution in [0.5, 0.6) is 0 Å². The molecule has 0 spiro atoms. The molecule has 0 fully saturated rings. The quantitative estimate of drug-likeness (QED) is 0.886. The van der Waals surface area contributed by atoms with Crippen molar-refractivity contribution in [1.82, 2.24) is 9.88 Å². The number of nitrogens with two attached hydrogens (primary N) is 1. The van der Waals surface area contributed by atoms with Crippen LogP contribution in [0.15, 0.2) is 18.3 Å². The summed E-state index contributed by atoms with van der Waals surface area (Å²) in [5.41, 5.74) is 11.8. The van der Waals surface area contributed by atoms with Crippen molar-refractivity contribution in [3.63, 3.8) is 0 Å². The SMILES string of the molecule is CC(C)C(N)Cc1cn(C)c2cc3c(cc12)CNC3. The molecular formula is C16H23N3. The number of benzene rings is 1. The molecule has 1 aromatic carbocycles. The van der Waals surface area contributed by atoms with Gasteiger partial charge in [-0.1, -0.05) is 13.8 Å². The predicted molar refractivity (Wildman–Crippen MR) is 80.0 cm³/mol. The van der Waals surface area contributed by atoms with E-state index in [0.717, 1.165) is 19.5 Å². The molecule has 0 aliphatic carbocycles. The van der Waals surface area contributed by atoms with Crippen LogP contribution >= 0.6 is 0 Å². The molecule has 3 N–H and O–H groups in total. The van der Waals surface area contributed by atoms with Gasteiger partial charge in [0, 0.05) is 43.3 Å². The number of rotatable bonds is 3. The van der Waals surface area contributed by atoms with Crippen molar-refractivity contribution >= 4 is 10.9 Å². The van der Waals surface area contributed by atoms with Gasteiger partial charge in [0.05, 0.1) is 0 Å². The lowest BCUT2D eigenvalue weighted by molar-refractivity contribution is 0.491. The molecule has 3 rings (SSSR count). The van der Waals surface area contributed by atoms with Gasteiger partial charge in [0.15, 0.2) is 0 Å². The number of hydrogen-bond acceptors (Lipinski definition) is 2. The van der Waals surface area contributed by atoms with Crippen LogP contribution in [0.1, 0.15) is 30.5 Å². The van der Waals surface area contributed by atoms with Crippen molar-refractivity contribution in [2.24, 2.45) is 18.7 Å². The summed E-state index contributed by atoms with van der Waals surface area (Å²) in [6.07, 6.45) is 3.21. The van der Waals surface area contributed by atoms with E-state index in [1.807, 2.05) is 0 Å². The molecule has 0 saturated heterocycles. The van der Waals surface area contributed by atoms with Crippen LogP contribution < -0.4 is 11.1 Å². The highest BCUT2D eigenvalue weighted by atomic mass is 14.9. The molecular weight excluding hydrogens is 234 g/mol. The summed E-state index contributed by atoms with van der Waals surface area (Å²) in [5, 5.41) is 4.79. The monoisotopic (exact) mass is 257 g/mol. The fourth-order valence-electron chi connectivity index (χ4n) is 2.91. The molecule has 1 aromatic heterocycles. The second-order valence-corrected chi connectivity index (χ2v) is 6.12. The Labute approximate surface area is 114 Å². The smallest absolute Gasteiger partial charge is 0.0484 e. The van der Waals surface area contributed by atoms with Gasteiger partial charge < -0.3 is 15.6 Å². The van der Waals surface area contributed by atoms with Crippen LogP contribution in [0.4, 0.5) is 0 Å². The maximum absolute atomic E-state index is 6.24. The third-order valence-corrected chi connectivity index (χ3v) is 4.34. The molecule has 2 heterocycles. The number of nitrogens with one attached hydrogen (secondary N) is 1. The van der Waals surface area contributed by atoms with Crippen molar-refractivity contribution < 1.29 is 0 Å². The summed E-state index contributed by atoms with van der Waals surface area (Å²) in [6.45, 7) is 6.38. The van der Waals surface area contributed by atoms with Crippen LogP contribution in [-0.4, -0.2) is 10.6 Å². The maximum atomic E-state index is 6.24. The van der Waals surface area contributed by atoms with E-state index in [2.05, 4.69) is 49.1 Å². The van der Waals surface area contributed by atoms with Gasteiger partial charge in [-0.25, -0.2) is 0 Å². The number of aryl methyl sites for hydroxylation is 1. The van der Waals surface area contributed by atoms with Crippen molar-refractivity contribution in [3.8, 4) is 0 Å². The van der Waals surface area contributed by atoms with Gasteiger partial charge in [0.2, 0.25) is 0 Å². The number of aromatic nitrogens is 1. The highest BCUT2D eigenvalue weighted by molar-refractivity contribution is 5.86. The van der Waals surface area contributed by atoms with Crippen LogP contribution in [0.2, 0.25) is 0 Å². The van der Waals surface area contributed by atoms with Gasteiger partial charge >= 0.3 is 0 Å². The summed E-state index contributed by atoms with van der Waals surface area (Å²) in [4.78, 5) is 0. The van der Waals surface area contributed by atoms with Crippen molar-refractivity contribution in [1.29, 1.82) is 0 Å². The van der Waals surface area contributed by atoms with Crippen molar-refractivity contribution in [2.75, 3.05) is 0 Å². The first-order valence-electron chi connectivity index (χ1n) is 7.12. The van der Waals surface area contributed by atoms with Crippen molar-refractivity contribution in [2.45, 2.75) is 39.4 Å². The van der Waals surface area contributed by atoms with E-state index < -0.39 is 0 Å². The molecule has 1 unspecified atom stereocenters. The molecule has 1 aliphatic rings. The Morgan fingerprint density at radius 3 is 2.63 bits per heavy atom. The van der Waals surface area contributed by atoms with Gasteiger partial charge in [0.1, 0.15) is 0 Å². The minimum absolute atomic E-state index is 0.233. The van der Waals surface area contributed by atoms with E-state index in [4.69, 9.17) is 5.73 Å².